The summed E-state index contributed by atoms with van der Waals surface area (Å²) in [5.41, 5.74) is 0. The van der Waals surface area contributed by atoms with Crippen LogP contribution in [0.3, 0.4) is 0 Å². The Morgan fingerprint density at radius 3 is 2.76 bits per heavy atom. The number of nitrogens with zero attached hydrogens (tertiary/aromatic N) is 2. The first-order valence-electron chi connectivity index (χ1n) is 6.06. The summed E-state index contributed by atoms with van der Waals surface area (Å²) < 4.78 is 0. The minimum atomic E-state index is -0.290. The Morgan fingerprint density at radius 2 is 2.24 bits per heavy atom. The molecule has 2 saturated heterocycles. The van der Waals surface area contributed by atoms with Gasteiger partial charge < -0.3 is 15.3 Å². The molecular formula is C11H19N3O3. The molecule has 2 atom stereocenters. The molecule has 2 aliphatic heterocycles. The summed E-state index contributed by atoms with van der Waals surface area (Å²) in [6, 6.07) is -0.290. The Kier molecular flexibility index (Phi) is 3.63. The van der Waals surface area contributed by atoms with Crippen LogP contribution in [0.4, 0.5) is 4.79 Å². The fourth-order valence-corrected chi connectivity index (χ4v) is 2.38. The first kappa shape index (κ1) is 12.3. The van der Waals surface area contributed by atoms with Gasteiger partial charge >= 0.3 is 6.03 Å². The molecule has 6 heteroatoms. The maximum Gasteiger partial charge on any atom is 0.324 e. The van der Waals surface area contributed by atoms with Crippen molar-refractivity contribution in [3.63, 3.8) is 0 Å². The van der Waals surface area contributed by atoms with E-state index >= 15 is 0 Å². The first-order chi connectivity index (χ1) is 8.08. The largest absolute Gasteiger partial charge is 0.393 e. The highest BCUT2D eigenvalue weighted by Gasteiger charge is 2.30. The van der Waals surface area contributed by atoms with Gasteiger partial charge in [0.2, 0.25) is 5.91 Å². The number of hydrogen-bond acceptors (Lipinski definition) is 4. The Bertz CT molecular complexity index is 303. The summed E-state index contributed by atoms with van der Waals surface area (Å²) >= 11 is 0. The van der Waals surface area contributed by atoms with Crippen molar-refractivity contribution < 1.29 is 14.7 Å². The number of hydrogen-bond donors (Lipinski definition) is 2. The zero-order valence-corrected chi connectivity index (χ0v) is 10.1. The van der Waals surface area contributed by atoms with Gasteiger partial charge in [-0.3, -0.25) is 9.69 Å². The predicted molar refractivity (Wildman–Crippen MR) is 61.3 cm³/mol. The van der Waals surface area contributed by atoms with Crippen LogP contribution in [0, 0.1) is 5.92 Å². The Hall–Kier alpha value is -1.14. The van der Waals surface area contributed by atoms with E-state index in [4.69, 9.17) is 0 Å². The summed E-state index contributed by atoms with van der Waals surface area (Å²) in [5.74, 6) is 0.166. The van der Waals surface area contributed by atoms with E-state index in [9.17, 15) is 14.7 Å². The summed E-state index contributed by atoms with van der Waals surface area (Å²) in [6.07, 6.45) is 0.703. The van der Waals surface area contributed by atoms with Gasteiger partial charge in [0.15, 0.2) is 0 Å². The van der Waals surface area contributed by atoms with E-state index in [1.807, 2.05) is 6.92 Å². The van der Waals surface area contributed by atoms with Crippen molar-refractivity contribution in [3.05, 3.63) is 0 Å². The van der Waals surface area contributed by atoms with Crippen LogP contribution in [0.1, 0.15) is 13.3 Å². The number of likely N-dealkylation sites (tertiary alicyclic amines) is 1. The molecule has 2 heterocycles. The lowest BCUT2D eigenvalue weighted by molar-refractivity contribution is -0.125. The van der Waals surface area contributed by atoms with Crippen LogP contribution >= 0.6 is 0 Å². The number of amides is 3. The van der Waals surface area contributed by atoms with Gasteiger partial charge in [-0.1, -0.05) is 0 Å². The summed E-state index contributed by atoms with van der Waals surface area (Å²) in [7, 11) is 0. The van der Waals surface area contributed by atoms with Crippen molar-refractivity contribution >= 4 is 11.9 Å². The molecule has 2 unspecified atom stereocenters. The molecule has 0 aliphatic carbocycles. The molecule has 0 bridgehead atoms. The lowest BCUT2D eigenvalue weighted by atomic mass is 10.0. The van der Waals surface area contributed by atoms with Crippen LogP contribution in [0.15, 0.2) is 0 Å². The minimum absolute atomic E-state index is 0.120. The highest BCUT2D eigenvalue weighted by molar-refractivity contribution is 6.01. The molecule has 0 radical (unpaired) electrons. The van der Waals surface area contributed by atoms with E-state index in [0.717, 1.165) is 19.5 Å². The van der Waals surface area contributed by atoms with Gasteiger partial charge in [0.05, 0.1) is 12.6 Å². The summed E-state index contributed by atoms with van der Waals surface area (Å²) in [6.45, 7) is 4.85. The highest BCUT2D eigenvalue weighted by Crippen LogP contribution is 2.19. The maximum atomic E-state index is 11.3. The van der Waals surface area contributed by atoms with E-state index in [-0.39, 0.29) is 24.6 Å². The number of aliphatic hydroxyl groups is 1. The lowest BCUT2D eigenvalue weighted by Crippen LogP contribution is -2.38. The van der Waals surface area contributed by atoms with E-state index in [1.165, 1.54) is 4.90 Å². The fourth-order valence-electron chi connectivity index (χ4n) is 2.38. The topological polar surface area (TPSA) is 72.9 Å². The molecule has 2 N–H and O–H groups in total. The van der Waals surface area contributed by atoms with Gasteiger partial charge in [-0.2, -0.15) is 0 Å². The SMILES string of the molecule is CC(O)C1CCN(CCN2C(=O)CNC2=O)C1. The monoisotopic (exact) mass is 241 g/mol. The highest BCUT2D eigenvalue weighted by atomic mass is 16.3. The predicted octanol–water partition coefficient (Wildman–Crippen LogP) is -0.759. The number of rotatable bonds is 4. The Labute approximate surface area is 101 Å². The molecular weight excluding hydrogens is 222 g/mol. The van der Waals surface area contributed by atoms with Crippen LogP contribution in [-0.2, 0) is 4.79 Å². The fraction of sp³-hybridized carbons (Fsp3) is 0.818. The second-order valence-corrected chi connectivity index (χ2v) is 4.79. The van der Waals surface area contributed by atoms with Crippen LogP contribution in [0.2, 0.25) is 0 Å². The van der Waals surface area contributed by atoms with Gasteiger partial charge in [0.25, 0.3) is 0 Å². The second kappa shape index (κ2) is 5.01. The number of carbonyl (C=O) groups is 2. The van der Waals surface area contributed by atoms with Crippen LogP contribution in [-0.4, -0.2) is 65.7 Å². The number of aliphatic hydroxyl groups excluding tert-OH is 1. The van der Waals surface area contributed by atoms with E-state index < -0.39 is 0 Å². The van der Waals surface area contributed by atoms with Crippen LogP contribution < -0.4 is 5.32 Å². The van der Waals surface area contributed by atoms with Gasteiger partial charge in [-0.25, -0.2) is 4.79 Å². The van der Waals surface area contributed by atoms with Crippen molar-refractivity contribution in [2.45, 2.75) is 19.4 Å². The number of carbonyl (C=O) groups excluding carboxylic acids is 2. The average Bonchev–Trinajstić information content (AvgIpc) is 2.85. The molecule has 17 heavy (non-hydrogen) atoms. The molecule has 2 fully saturated rings. The first-order valence-corrected chi connectivity index (χ1v) is 6.06. The Morgan fingerprint density at radius 1 is 1.47 bits per heavy atom. The van der Waals surface area contributed by atoms with Crippen molar-refractivity contribution in [1.29, 1.82) is 0 Å². The molecule has 0 saturated carbocycles. The average molecular weight is 241 g/mol. The molecule has 6 nitrogen and oxygen atoms in total. The normalized spacial score (nSPS) is 27.6. The second-order valence-electron chi connectivity index (χ2n) is 4.79. The quantitative estimate of drug-likeness (QED) is 0.635. The molecule has 0 spiro atoms. The third kappa shape index (κ3) is 2.76. The van der Waals surface area contributed by atoms with Crippen LogP contribution in [0.5, 0.6) is 0 Å². The third-order valence-electron chi connectivity index (χ3n) is 3.57. The van der Waals surface area contributed by atoms with Gasteiger partial charge in [0, 0.05) is 19.6 Å². The Balaban J connectivity index is 1.76. The van der Waals surface area contributed by atoms with Crippen molar-refractivity contribution in [2.75, 3.05) is 32.7 Å². The zero-order valence-electron chi connectivity index (χ0n) is 10.1. The van der Waals surface area contributed by atoms with E-state index in [0.29, 0.717) is 19.0 Å². The summed E-state index contributed by atoms with van der Waals surface area (Å²) in [5, 5.41) is 12.0. The number of nitrogens with one attached hydrogen (secondary N) is 1. The minimum Gasteiger partial charge on any atom is -0.393 e. The zero-order chi connectivity index (χ0) is 12.4. The summed E-state index contributed by atoms with van der Waals surface area (Å²) in [4.78, 5) is 26.1. The molecule has 2 rings (SSSR count). The third-order valence-corrected chi connectivity index (χ3v) is 3.57. The smallest absolute Gasteiger partial charge is 0.324 e. The number of urea groups is 1. The van der Waals surface area contributed by atoms with Gasteiger partial charge in [0.1, 0.15) is 0 Å². The molecule has 0 aromatic carbocycles. The molecule has 2 aliphatic rings. The van der Waals surface area contributed by atoms with Crippen LogP contribution in [0.25, 0.3) is 0 Å². The van der Waals surface area contributed by atoms with E-state index in [2.05, 4.69) is 10.2 Å². The standard InChI is InChI=1S/C11H19N3O3/c1-8(15)9-2-3-13(7-9)4-5-14-10(16)6-12-11(14)17/h8-9,15H,2-7H2,1H3,(H,12,17). The molecule has 96 valence electrons. The maximum absolute atomic E-state index is 11.3. The van der Waals surface area contributed by atoms with Crippen molar-refractivity contribution in [3.8, 4) is 0 Å². The number of imide groups is 1. The van der Waals surface area contributed by atoms with Gasteiger partial charge in [-0.15, -0.1) is 0 Å². The van der Waals surface area contributed by atoms with Crippen molar-refractivity contribution in [2.24, 2.45) is 5.92 Å². The molecule has 0 aromatic rings. The lowest BCUT2D eigenvalue weighted by Gasteiger charge is -2.20. The molecule has 0 aromatic heterocycles. The van der Waals surface area contributed by atoms with Crippen molar-refractivity contribution in [1.82, 2.24) is 15.1 Å². The van der Waals surface area contributed by atoms with Gasteiger partial charge in [-0.05, 0) is 25.8 Å². The van der Waals surface area contributed by atoms with E-state index in [1.54, 1.807) is 0 Å². The molecule has 3 amide bonds.